The van der Waals surface area contributed by atoms with Gasteiger partial charge in [-0.1, -0.05) is 13.0 Å². The number of hydrogen-bond donors (Lipinski definition) is 0. The van der Waals surface area contributed by atoms with Gasteiger partial charge in [-0.2, -0.15) is 0 Å². The summed E-state index contributed by atoms with van der Waals surface area (Å²) in [6, 6.07) is 6.40. The van der Waals surface area contributed by atoms with Crippen LogP contribution < -0.4 is 4.74 Å². The zero-order chi connectivity index (χ0) is 8.84. The monoisotopic (exact) mass is 176 g/mol. The van der Waals surface area contributed by atoms with E-state index in [9.17, 15) is 0 Å². The Morgan fingerprint density at radius 1 is 1.46 bits per heavy atom. The van der Waals surface area contributed by atoms with Gasteiger partial charge in [-0.15, -0.1) is 0 Å². The van der Waals surface area contributed by atoms with Crippen LogP contribution in [0.1, 0.15) is 24.2 Å². The second-order valence-electron chi connectivity index (χ2n) is 3.63. The zero-order valence-electron chi connectivity index (χ0n) is 7.62. The Kier molecular flexibility index (Phi) is 1.41. The Morgan fingerprint density at radius 3 is 3.23 bits per heavy atom. The maximum Gasteiger partial charge on any atom is 0.125 e. The Morgan fingerprint density at radius 2 is 2.38 bits per heavy atom. The highest BCUT2D eigenvalue weighted by molar-refractivity contribution is 5.42. The van der Waals surface area contributed by atoms with Crippen LogP contribution in [0.25, 0.3) is 0 Å². The number of fused-ring (bicyclic) bond motifs is 3. The number of benzene rings is 1. The van der Waals surface area contributed by atoms with E-state index < -0.39 is 0 Å². The third-order valence-electron chi connectivity index (χ3n) is 2.77. The molecule has 2 nitrogen and oxygen atoms in total. The molecule has 2 heteroatoms. The molecule has 2 aliphatic rings. The maximum atomic E-state index is 5.55. The minimum Gasteiger partial charge on any atom is -0.490 e. The molecule has 2 unspecified atom stereocenters. The second kappa shape index (κ2) is 2.48. The van der Waals surface area contributed by atoms with Gasteiger partial charge in [-0.05, 0) is 24.1 Å². The molecule has 0 amide bonds. The molecule has 1 aromatic carbocycles. The van der Waals surface area contributed by atoms with E-state index in [1.54, 1.807) is 0 Å². The lowest BCUT2D eigenvalue weighted by atomic mass is 10.0. The summed E-state index contributed by atoms with van der Waals surface area (Å²) in [6.07, 6.45) is 1.74. The van der Waals surface area contributed by atoms with Gasteiger partial charge < -0.3 is 9.47 Å². The lowest BCUT2D eigenvalue weighted by molar-refractivity contribution is 0.267. The second-order valence-corrected chi connectivity index (χ2v) is 3.63. The van der Waals surface area contributed by atoms with Crippen molar-refractivity contribution in [1.82, 2.24) is 0 Å². The number of hydrogen-bond acceptors (Lipinski definition) is 2. The first kappa shape index (κ1) is 7.39. The van der Waals surface area contributed by atoms with Crippen LogP contribution in [0.2, 0.25) is 0 Å². The van der Waals surface area contributed by atoms with Crippen molar-refractivity contribution in [2.75, 3.05) is 6.61 Å². The van der Waals surface area contributed by atoms with Crippen LogP contribution in [0, 0.1) is 0 Å². The first-order valence-electron chi connectivity index (χ1n) is 4.79. The summed E-state index contributed by atoms with van der Waals surface area (Å²) in [5, 5.41) is 0. The summed E-state index contributed by atoms with van der Waals surface area (Å²) in [6.45, 7) is 2.89. The van der Waals surface area contributed by atoms with Crippen molar-refractivity contribution >= 4 is 0 Å². The number of ether oxygens (including phenoxy) is 2. The standard InChI is InChI=1S/C11H12O2/c1-2-7-3-4-9-8(5-7)11-10(13-11)6-12-9/h3-5,10-11H,2,6H2,1H3. The Labute approximate surface area is 77.5 Å². The fraction of sp³-hybridized carbons (Fsp3) is 0.455. The molecule has 1 saturated heterocycles. The maximum absolute atomic E-state index is 5.55. The fourth-order valence-electron chi connectivity index (χ4n) is 1.89. The lowest BCUT2D eigenvalue weighted by Gasteiger charge is -2.14. The molecule has 0 aromatic heterocycles. The number of epoxide rings is 1. The van der Waals surface area contributed by atoms with Gasteiger partial charge in [-0.3, -0.25) is 0 Å². The highest BCUT2D eigenvalue weighted by Crippen LogP contribution is 2.46. The average Bonchev–Trinajstić information content (AvgIpc) is 2.96. The molecule has 3 rings (SSSR count). The SMILES string of the molecule is CCc1ccc2c(c1)C1OC1CO2. The Hall–Kier alpha value is -1.02. The molecule has 0 saturated carbocycles. The van der Waals surface area contributed by atoms with Gasteiger partial charge in [0.1, 0.15) is 24.6 Å². The molecule has 2 heterocycles. The molecule has 1 fully saturated rings. The summed E-state index contributed by atoms with van der Waals surface area (Å²) >= 11 is 0. The van der Waals surface area contributed by atoms with Crippen molar-refractivity contribution < 1.29 is 9.47 Å². The van der Waals surface area contributed by atoms with E-state index in [-0.39, 0.29) is 0 Å². The minimum atomic E-state index is 0.329. The van der Waals surface area contributed by atoms with E-state index in [0.717, 1.165) is 18.8 Å². The van der Waals surface area contributed by atoms with Gasteiger partial charge in [0.15, 0.2) is 0 Å². The topological polar surface area (TPSA) is 21.8 Å². The fourth-order valence-corrected chi connectivity index (χ4v) is 1.89. The highest BCUT2D eigenvalue weighted by Gasteiger charge is 2.45. The summed E-state index contributed by atoms with van der Waals surface area (Å²) in [4.78, 5) is 0. The predicted molar refractivity (Wildman–Crippen MR) is 48.9 cm³/mol. The molecular formula is C11H12O2. The van der Waals surface area contributed by atoms with E-state index in [1.165, 1.54) is 11.1 Å². The first-order chi connectivity index (χ1) is 6.38. The van der Waals surface area contributed by atoms with Crippen LogP contribution in [-0.4, -0.2) is 12.7 Å². The predicted octanol–water partition coefficient (Wildman–Crippen LogP) is 2.08. The van der Waals surface area contributed by atoms with Crippen LogP contribution in [0.15, 0.2) is 18.2 Å². The van der Waals surface area contributed by atoms with Crippen molar-refractivity contribution in [3.63, 3.8) is 0 Å². The summed E-state index contributed by atoms with van der Waals surface area (Å²) in [5.74, 6) is 1.01. The van der Waals surface area contributed by atoms with Gasteiger partial charge in [0, 0.05) is 5.56 Å². The van der Waals surface area contributed by atoms with E-state index >= 15 is 0 Å². The zero-order valence-corrected chi connectivity index (χ0v) is 7.62. The van der Waals surface area contributed by atoms with Gasteiger partial charge in [0.05, 0.1) is 0 Å². The Balaban J connectivity index is 2.06. The van der Waals surface area contributed by atoms with Crippen molar-refractivity contribution in [1.29, 1.82) is 0 Å². The van der Waals surface area contributed by atoms with E-state index in [0.29, 0.717) is 12.2 Å². The smallest absolute Gasteiger partial charge is 0.125 e. The van der Waals surface area contributed by atoms with E-state index in [1.807, 2.05) is 0 Å². The molecule has 0 bridgehead atoms. The molecule has 0 spiro atoms. The number of rotatable bonds is 1. The molecule has 0 radical (unpaired) electrons. The van der Waals surface area contributed by atoms with Gasteiger partial charge >= 0.3 is 0 Å². The van der Waals surface area contributed by atoms with Crippen LogP contribution in [0.5, 0.6) is 5.75 Å². The molecular weight excluding hydrogens is 164 g/mol. The highest BCUT2D eigenvalue weighted by atomic mass is 16.6. The van der Waals surface area contributed by atoms with Crippen molar-refractivity contribution in [2.45, 2.75) is 25.6 Å². The van der Waals surface area contributed by atoms with Gasteiger partial charge in [0.2, 0.25) is 0 Å². The Bertz CT molecular complexity index is 346. The van der Waals surface area contributed by atoms with E-state index in [4.69, 9.17) is 9.47 Å². The molecule has 2 aliphatic heterocycles. The summed E-state index contributed by atoms with van der Waals surface area (Å²) in [5.41, 5.74) is 2.61. The summed E-state index contributed by atoms with van der Waals surface area (Å²) in [7, 11) is 0. The molecule has 13 heavy (non-hydrogen) atoms. The molecule has 0 N–H and O–H groups in total. The van der Waals surface area contributed by atoms with Gasteiger partial charge in [0.25, 0.3) is 0 Å². The third kappa shape index (κ3) is 1.05. The van der Waals surface area contributed by atoms with Gasteiger partial charge in [-0.25, -0.2) is 0 Å². The molecule has 1 aromatic rings. The van der Waals surface area contributed by atoms with Crippen LogP contribution in [-0.2, 0) is 11.2 Å². The van der Waals surface area contributed by atoms with Crippen molar-refractivity contribution in [3.05, 3.63) is 29.3 Å². The average molecular weight is 176 g/mol. The molecule has 0 aliphatic carbocycles. The number of aryl methyl sites for hydroxylation is 1. The first-order valence-corrected chi connectivity index (χ1v) is 4.79. The van der Waals surface area contributed by atoms with E-state index in [2.05, 4.69) is 25.1 Å². The van der Waals surface area contributed by atoms with Crippen LogP contribution in [0.4, 0.5) is 0 Å². The summed E-state index contributed by atoms with van der Waals surface area (Å²) < 4.78 is 11.0. The third-order valence-corrected chi connectivity index (χ3v) is 2.77. The van der Waals surface area contributed by atoms with Crippen LogP contribution >= 0.6 is 0 Å². The van der Waals surface area contributed by atoms with Crippen molar-refractivity contribution in [2.24, 2.45) is 0 Å². The molecule has 68 valence electrons. The molecule has 2 atom stereocenters. The minimum absolute atomic E-state index is 0.329. The largest absolute Gasteiger partial charge is 0.490 e. The lowest BCUT2D eigenvalue weighted by Crippen LogP contribution is -2.12. The van der Waals surface area contributed by atoms with Crippen molar-refractivity contribution in [3.8, 4) is 5.75 Å². The van der Waals surface area contributed by atoms with Crippen LogP contribution in [0.3, 0.4) is 0 Å². The quantitative estimate of drug-likeness (QED) is 0.611. The normalized spacial score (nSPS) is 28.7.